The molecule has 0 fully saturated rings. The number of benzene rings is 2. The molecule has 0 aliphatic rings. The van der Waals surface area contributed by atoms with Crippen LogP contribution >= 0.6 is 0 Å². The summed E-state index contributed by atoms with van der Waals surface area (Å²) in [7, 11) is 0. The van der Waals surface area contributed by atoms with Crippen molar-refractivity contribution >= 4 is 23.6 Å². The molecule has 0 saturated carbocycles. The van der Waals surface area contributed by atoms with Gasteiger partial charge >= 0.3 is 6.09 Å². The van der Waals surface area contributed by atoms with Crippen molar-refractivity contribution in [3.63, 3.8) is 0 Å². The molecule has 2 aromatic carbocycles. The second-order valence-electron chi connectivity index (χ2n) is 8.26. The molecule has 0 saturated heterocycles. The molecule has 3 amide bonds. The topological polar surface area (TPSA) is 106 Å². The maximum absolute atomic E-state index is 12.3. The van der Waals surface area contributed by atoms with E-state index in [2.05, 4.69) is 16.0 Å². The normalized spacial score (nSPS) is 10.8. The number of carbonyl (C=O) groups is 3. The van der Waals surface area contributed by atoms with Gasteiger partial charge in [0.2, 0.25) is 5.91 Å². The van der Waals surface area contributed by atoms with Gasteiger partial charge in [-0.15, -0.1) is 0 Å². The number of amides is 3. The Bertz CT molecular complexity index is 920. The van der Waals surface area contributed by atoms with Gasteiger partial charge in [0.1, 0.15) is 11.4 Å². The van der Waals surface area contributed by atoms with Crippen molar-refractivity contribution in [2.75, 3.05) is 18.5 Å². The van der Waals surface area contributed by atoms with Crippen LogP contribution in [0.25, 0.3) is 0 Å². The van der Waals surface area contributed by atoms with Gasteiger partial charge in [0, 0.05) is 25.2 Å². The molecule has 0 spiro atoms. The van der Waals surface area contributed by atoms with Gasteiger partial charge < -0.3 is 25.4 Å². The molecule has 2 rings (SSSR count). The first kappa shape index (κ1) is 24.7. The molecule has 0 radical (unpaired) electrons. The zero-order valence-electron chi connectivity index (χ0n) is 19.0. The van der Waals surface area contributed by atoms with E-state index >= 15 is 0 Å². The Morgan fingerprint density at radius 3 is 2.28 bits per heavy atom. The summed E-state index contributed by atoms with van der Waals surface area (Å²) in [5.41, 5.74) is 1.87. The summed E-state index contributed by atoms with van der Waals surface area (Å²) in [6.45, 7) is 7.55. The lowest BCUT2D eigenvalue weighted by atomic mass is 10.1. The van der Waals surface area contributed by atoms with Gasteiger partial charge in [0.05, 0.1) is 0 Å². The predicted octanol–water partition coefficient (Wildman–Crippen LogP) is 3.54. The second-order valence-corrected chi connectivity index (χ2v) is 8.26. The van der Waals surface area contributed by atoms with E-state index in [1.54, 1.807) is 32.9 Å². The smallest absolute Gasteiger partial charge is 0.407 e. The van der Waals surface area contributed by atoms with Gasteiger partial charge in [-0.3, -0.25) is 9.59 Å². The Kier molecular flexibility index (Phi) is 9.07. The number of carbonyl (C=O) groups excluding carboxylic acids is 3. The third-order valence-electron chi connectivity index (χ3n) is 4.18. The fourth-order valence-corrected chi connectivity index (χ4v) is 2.64. The zero-order chi connectivity index (χ0) is 23.6. The highest BCUT2D eigenvalue weighted by Gasteiger charge is 2.16. The van der Waals surface area contributed by atoms with Crippen molar-refractivity contribution in [2.24, 2.45) is 0 Å². The summed E-state index contributed by atoms with van der Waals surface area (Å²) in [4.78, 5) is 36.0. The number of nitrogens with one attached hydrogen (secondary N) is 3. The van der Waals surface area contributed by atoms with Crippen LogP contribution in [-0.2, 0) is 20.9 Å². The van der Waals surface area contributed by atoms with Crippen molar-refractivity contribution in [3.8, 4) is 5.75 Å². The Morgan fingerprint density at radius 1 is 0.906 bits per heavy atom. The average molecular weight is 442 g/mol. The lowest BCUT2D eigenvalue weighted by Crippen LogP contribution is -2.35. The van der Waals surface area contributed by atoms with E-state index in [-0.39, 0.29) is 37.9 Å². The molecule has 0 aromatic heterocycles. The Hall–Kier alpha value is -3.55. The number of hydrogen-bond acceptors (Lipinski definition) is 5. The minimum absolute atomic E-state index is 0.109. The van der Waals surface area contributed by atoms with E-state index in [1.807, 2.05) is 43.3 Å². The average Bonchev–Trinajstić information content (AvgIpc) is 2.71. The van der Waals surface area contributed by atoms with Crippen LogP contribution < -0.4 is 20.7 Å². The maximum atomic E-state index is 12.3. The maximum Gasteiger partial charge on any atom is 0.407 e. The highest BCUT2D eigenvalue weighted by atomic mass is 16.6. The molecule has 0 aliphatic heterocycles. The standard InChI is InChI=1S/C24H31N3O5/c1-17-9-11-19(12-10-17)31-16-22(29)27-20-8-6-5-7-18(20)15-26-21(28)13-14-25-23(30)32-24(2,3)4/h5-12H,13-16H2,1-4H3,(H,25,30)(H,26,28)(H,27,29). The molecular weight excluding hydrogens is 410 g/mol. The minimum Gasteiger partial charge on any atom is -0.484 e. The summed E-state index contributed by atoms with van der Waals surface area (Å²) in [5.74, 6) is 0.0853. The number of hydrogen-bond donors (Lipinski definition) is 3. The summed E-state index contributed by atoms with van der Waals surface area (Å²) in [6.07, 6.45) is -0.454. The Morgan fingerprint density at radius 2 is 1.59 bits per heavy atom. The van der Waals surface area contributed by atoms with Crippen molar-refractivity contribution in [1.29, 1.82) is 0 Å². The van der Waals surface area contributed by atoms with E-state index < -0.39 is 11.7 Å². The molecule has 0 heterocycles. The molecule has 2 aromatic rings. The highest BCUT2D eigenvalue weighted by molar-refractivity contribution is 5.92. The van der Waals surface area contributed by atoms with Crippen LogP contribution in [-0.4, -0.2) is 36.7 Å². The molecule has 3 N–H and O–H groups in total. The van der Waals surface area contributed by atoms with Crippen LogP contribution in [0, 0.1) is 6.92 Å². The molecule has 0 atom stereocenters. The lowest BCUT2D eigenvalue weighted by molar-refractivity contribution is -0.121. The first-order valence-corrected chi connectivity index (χ1v) is 10.4. The SMILES string of the molecule is Cc1ccc(OCC(=O)Nc2ccccc2CNC(=O)CCNC(=O)OC(C)(C)C)cc1. The van der Waals surface area contributed by atoms with Crippen molar-refractivity contribution < 1.29 is 23.9 Å². The van der Waals surface area contributed by atoms with E-state index in [0.717, 1.165) is 11.1 Å². The number of anilines is 1. The summed E-state index contributed by atoms with van der Waals surface area (Å²) >= 11 is 0. The van der Waals surface area contributed by atoms with Gasteiger partial charge in [0.15, 0.2) is 6.61 Å². The van der Waals surface area contributed by atoms with Crippen molar-refractivity contribution in [1.82, 2.24) is 10.6 Å². The van der Waals surface area contributed by atoms with Crippen molar-refractivity contribution in [2.45, 2.75) is 46.3 Å². The van der Waals surface area contributed by atoms with Crippen LogP contribution in [0.3, 0.4) is 0 Å². The fraction of sp³-hybridized carbons (Fsp3) is 0.375. The molecule has 8 nitrogen and oxygen atoms in total. The zero-order valence-corrected chi connectivity index (χ0v) is 19.0. The van der Waals surface area contributed by atoms with Gasteiger partial charge in [-0.25, -0.2) is 4.79 Å². The fourth-order valence-electron chi connectivity index (χ4n) is 2.64. The number of rotatable bonds is 9. The van der Waals surface area contributed by atoms with E-state index in [0.29, 0.717) is 11.4 Å². The number of alkyl carbamates (subject to hydrolysis) is 1. The molecule has 0 unspecified atom stereocenters. The lowest BCUT2D eigenvalue weighted by Gasteiger charge is -2.19. The minimum atomic E-state index is -0.592. The van der Waals surface area contributed by atoms with E-state index in [9.17, 15) is 14.4 Å². The summed E-state index contributed by atoms with van der Waals surface area (Å²) < 4.78 is 10.6. The first-order chi connectivity index (χ1) is 15.1. The van der Waals surface area contributed by atoms with Gasteiger partial charge in [-0.05, 0) is 51.5 Å². The van der Waals surface area contributed by atoms with Crippen molar-refractivity contribution in [3.05, 3.63) is 59.7 Å². The third kappa shape index (κ3) is 9.51. The quantitative estimate of drug-likeness (QED) is 0.552. The Balaban J connectivity index is 1.77. The molecule has 8 heteroatoms. The summed E-state index contributed by atoms with van der Waals surface area (Å²) in [6, 6.07) is 14.6. The van der Waals surface area contributed by atoms with Gasteiger partial charge in [-0.2, -0.15) is 0 Å². The number of aryl methyl sites for hydroxylation is 1. The van der Waals surface area contributed by atoms with E-state index in [1.165, 1.54) is 0 Å². The first-order valence-electron chi connectivity index (χ1n) is 10.4. The summed E-state index contributed by atoms with van der Waals surface area (Å²) in [5, 5.41) is 8.13. The van der Waals surface area contributed by atoms with Gasteiger partial charge in [-0.1, -0.05) is 35.9 Å². The van der Waals surface area contributed by atoms with Crippen LogP contribution in [0.2, 0.25) is 0 Å². The van der Waals surface area contributed by atoms with Gasteiger partial charge in [0.25, 0.3) is 5.91 Å². The monoisotopic (exact) mass is 441 g/mol. The van der Waals surface area contributed by atoms with Crippen LogP contribution in [0.15, 0.2) is 48.5 Å². The van der Waals surface area contributed by atoms with Crippen LogP contribution in [0.1, 0.15) is 38.3 Å². The van der Waals surface area contributed by atoms with Crippen LogP contribution in [0.5, 0.6) is 5.75 Å². The van der Waals surface area contributed by atoms with Crippen LogP contribution in [0.4, 0.5) is 10.5 Å². The number of para-hydroxylation sites is 1. The second kappa shape index (κ2) is 11.7. The Labute approximate surface area is 188 Å². The number of ether oxygens (including phenoxy) is 2. The highest BCUT2D eigenvalue weighted by Crippen LogP contribution is 2.16. The molecule has 0 aliphatic carbocycles. The molecule has 172 valence electrons. The van der Waals surface area contributed by atoms with E-state index in [4.69, 9.17) is 9.47 Å². The predicted molar refractivity (Wildman–Crippen MR) is 122 cm³/mol. The largest absolute Gasteiger partial charge is 0.484 e. The third-order valence-corrected chi connectivity index (χ3v) is 4.18. The molecule has 32 heavy (non-hydrogen) atoms. The molecule has 0 bridgehead atoms. The molecular formula is C24H31N3O5.